The number of nitriles is 1. The molecule has 96 valence electrons. The minimum absolute atomic E-state index is 0.551. The highest BCUT2D eigenvalue weighted by atomic mass is 16.5. The molecule has 0 atom stereocenters. The summed E-state index contributed by atoms with van der Waals surface area (Å²) in [5.74, 6) is 0.613. The van der Waals surface area contributed by atoms with Crippen molar-refractivity contribution in [2.75, 3.05) is 12.4 Å². The van der Waals surface area contributed by atoms with Crippen molar-refractivity contribution in [2.45, 2.75) is 13.2 Å². The van der Waals surface area contributed by atoms with Crippen LogP contribution in [0.3, 0.4) is 0 Å². The first kappa shape index (κ1) is 13.1. The molecule has 0 bridgehead atoms. The van der Waals surface area contributed by atoms with Gasteiger partial charge in [0.15, 0.2) is 0 Å². The van der Waals surface area contributed by atoms with Gasteiger partial charge in [-0.05, 0) is 23.3 Å². The monoisotopic (exact) mass is 253 g/mol. The fraction of sp³-hybridized carbons (Fsp3) is 0.200. The summed E-state index contributed by atoms with van der Waals surface area (Å²) in [5, 5.41) is 12.2. The summed E-state index contributed by atoms with van der Waals surface area (Å²) in [7, 11) is 1.68. The predicted octanol–water partition coefficient (Wildman–Crippen LogP) is 2.71. The van der Waals surface area contributed by atoms with Gasteiger partial charge < -0.3 is 10.1 Å². The molecule has 0 unspecified atom stereocenters. The molecule has 0 fully saturated rings. The van der Waals surface area contributed by atoms with Gasteiger partial charge in [0.25, 0.3) is 0 Å². The molecule has 0 aliphatic carbocycles. The van der Waals surface area contributed by atoms with E-state index in [4.69, 9.17) is 10.00 Å². The molecule has 1 aromatic heterocycles. The fourth-order valence-electron chi connectivity index (χ4n) is 1.82. The van der Waals surface area contributed by atoms with Gasteiger partial charge in [-0.1, -0.05) is 24.3 Å². The molecule has 0 aliphatic rings. The molecule has 4 heteroatoms. The second-order valence-electron chi connectivity index (χ2n) is 4.12. The zero-order valence-electron chi connectivity index (χ0n) is 10.8. The Kier molecular flexibility index (Phi) is 4.49. The molecule has 1 N–H and O–H groups in total. The van der Waals surface area contributed by atoms with E-state index in [2.05, 4.69) is 22.4 Å². The molecule has 1 aromatic carbocycles. The van der Waals surface area contributed by atoms with Crippen LogP contribution >= 0.6 is 0 Å². The zero-order chi connectivity index (χ0) is 13.5. The first-order valence-corrected chi connectivity index (χ1v) is 5.99. The Hall–Kier alpha value is -2.38. The molecule has 2 rings (SSSR count). The first-order valence-electron chi connectivity index (χ1n) is 5.99. The highest BCUT2D eigenvalue weighted by molar-refractivity contribution is 5.51. The maximum atomic E-state index is 8.98. The van der Waals surface area contributed by atoms with E-state index in [9.17, 15) is 0 Å². The van der Waals surface area contributed by atoms with Crippen molar-refractivity contribution >= 4 is 5.82 Å². The Labute approximate surface area is 112 Å². The number of pyridine rings is 1. The molecule has 0 aliphatic heterocycles. The minimum Gasteiger partial charge on any atom is -0.380 e. The minimum atomic E-state index is 0.551. The van der Waals surface area contributed by atoms with Crippen molar-refractivity contribution in [2.24, 2.45) is 0 Å². The molecule has 4 nitrogen and oxygen atoms in total. The Bertz CT molecular complexity index is 590. The summed E-state index contributed by atoms with van der Waals surface area (Å²) >= 11 is 0. The van der Waals surface area contributed by atoms with Gasteiger partial charge in [0, 0.05) is 19.9 Å². The van der Waals surface area contributed by atoms with Crippen molar-refractivity contribution in [3.63, 3.8) is 0 Å². The SMILES string of the molecule is COCc1cccc(CNc2ncccc2C#N)c1. The lowest BCUT2D eigenvalue weighted by molar-refractivity contribution is 0.185. The summed E-state index contributed by atoms with van der Waals surface area (Å²) in [6.45, 7) is 1.23. The summed E-state index contributed by atoms with van der Waals surface area (Å²) in [5.41, 5.74) is 2.81. The predicted molar refractivity (Wildman–Crippen MR) is 73.4 cm³/mol. The van der Waals surface area contributed by atoms with Gasteiger partial charge in [0.2, 0.25) is 0 Å². The first-order chi connectivity index (χ1) is 9.33. The van der Waals surface area contributed by atoms with E-state index in [0.29, 0.717) is 24.5 Å². The molecule has 0 saturated heterocycles. The Balaban J connectivity index is 2.06. The van der Waals surface area contributed by atoms with Gasteiger partial charge in [-0.15, -0.1) is 0 Å². The van der Waals surface area contributed by atoms with Crippen molar-refractivity contribution in [3.05, 3.63) is 59.3 Å². The van der Waals surface area contributed by atoms with Crippen LogP contribution in [-0.4, -0.2) is 12.1 Å². The number of hydrogen-bond acceptors (Lipinski definition) is 4. The summed E-state index contributed by atoms with van der Waals surface area (Å²) in [6, 6.07) is 13.7. The van der Waals surface area contributed by atoms with Crippen LogP contribution in [0.25, 0.3) is 0 Å². The lowest BCUT2D eigenvalue weighted by Gasteiger charge is -2.08. The third-order valence-corrected chi connectivity index (χ3v) is 2.69. The summed E-state index contributed by atoms with van der Waals surface area (Å²) in [4.78, 5) is 4.17. The normalized spacial score (nSPS) is 9.89. The molecule has 0 amide bonds. The fourth-order valence-corrected chi connectivity index (χ4v) is 1.82. The number of hydrogen-bond donors (Lipinski definition) is 1. The molecule has 2 aromatic rings. The Morgan fingerprint density at radius 2 is 2.11 bits per heavy atom. The zero-order valence-corrected chi connectivity index (χ0v) is 10.8. The number of ether oxygens (including phenoxy) is 1. The molecular formula is C15H15N3O. The third kappa shape index (κ3) is 3.54. The van der Waals surface area contributed by atoms with Crippen LogP contribution in [0.2, 0.25) is 0 Å². The lowest BCUT2D eigenvalue weighted by Crippen LogP contribution is -2.03. The summed E-state index contributed by atoms with van der Waals surface area (Å²) < 4.78 is 5.11. The van der Waals surface area contributed by atoms with E-state index < -0.39 is 0 Å². The quantitative estimate of drug-likeness (QED) is 0.890. The second kappa shape index (κ2) is 6.53. The highest BCUT2D eigenvalue weighted by Crippen LogP contribution is 2.12. The number of anilines is 1. The number of rotatable bonds is 5. The maximum Gasteiger partial charge on any atom is 0.144 e. The Morgan fingerprint density at radius 1 is 1.26 bits per heavy atom. The van der Waals surface area contributed by atoms with E-state index in [1.807, 2.05) is 18.2 Å². The van der Waals surface area contributed by atoms with Crippen LogP contribution in [0.5, 0.6) is 0 Å². The number of aromatic nitrogens is 1. The molecule has 0 saturated carbocycles. The van der Waals surface area contributed by atoms with Crippen LogP contribution in [0.1, 0.15) is 16.7 Å². The number of methoxy groups -OCH3 is 1. The van der Waals surface area contributed by atoms with E-state index >= 15 is 0 Å². The maximum absolute atomic E-state index is 8.98. The van der Waals surface area contributed by atoms with Gasteiger partial charge >= 0.3 is 0 Å². The van der Waals surface area contributed by atoms with Crippen molar-refractivity contribution in [3.8, 4) is 6.07 Å². The third-order valence-electron chi connectivity index (χ3n) is 2.69. The largest absolute Gasteiger partial charge is 0.380 e. The number of nitrogens with one attached hydrogen (secondary N) is 1. The molecule has 0 spiro atoms. The smallest absolute Gasteiger partial charge is 0.144 e. The number of nitrogens with zero attached hydrogens (tertiary/aromatic N) is 2. The van der Waals surface area contributed by atoms with Gasteiger partial charge in [-0.2, -0.15) is 5.26 Å². The van der Waals surface area contributed by atoms with Crippen molar-refractivity contribution in [1.82, 2.24) is 4.98 Å². The van der Waals surface area contributed by atoms with Gasteiger partial charge in [0.05, 0.1) is 12.2 Å². The van der Waals surface area contributed by atoms with Crippen molar-refractivity contribution in [1.29, 1.82) is 5.26 Å². The standard InChI is InChI=1S/C15H15N3O/c1-19-11-13-5-2-4-12(8-13)10-18-15-14(9-16)6-3-7-17-15/h2-8H,10-11H2,1H3,(H,17,18). The van der Waals surface area contributed by atoms with Crippen LogP contribution in [0.15, 0.2) is 42.6 Å². The van der Waals surface area contributed by atoms with E-state index in [1.165, 1.54) is 0 Å². The average Bonchev–Trinajstić information content (AvgIpc) is 2.46. The molecule has 0 radical (unpaired) electrons. The van der Waals surface area contributed by atoms with Gasteiger partial charge in [0.1, 0.15) is 11.9 Å². The molecule has 19 heavy (non-hydrogen) atoms. The van der Waals surface area contributed by atoms with Crippen LogP contribution < -0.4 is 5.32 Å². The molecule has 1 heterocycles. The summed E-state index contributed by atoms with van der Waals surface area (Å²) in [6.07, 6.45) is 1.67. The van der Waals surface area contributed by atoms with Gasteiger partial charge in [-0.25, -0.2) is 4.98 Å². The van der Waals surface area contributed by atoms with Crippen LogP contribution in [0.4, 0.5) is 5.82 Å². The van der Waals surface area contributed by atoms with E-state index in [1.54, 1.807) is 25.4 Å². The average molecular weight is 253 g/mol. The highest BCUT2D eigenvalue weighted by Gasteiger charge is 2.02. The lowest BCUT2D eigenvalue weighted by atomic mass is 10.1. The van der Waals surface area contributed by atoms with Crippen LogP contribution in [-0.2, 0) is 17.9 Å². The topological polar surface area (TPSA) is 57.9 Å². The number of benzene rings is 1. The van der Waals surface area contributed by atoms with Gasteiger partial charge in [-0.3, -0.25) is 0 Å². The Morgan fingerprint density at radius 3 is 2.89 bits per heavy atom. The second-order valence-corrected chi connectivity index (χ2v) is 4.12. The van der Waals surface area contributed by atoms with E-state index in [0.717, 1.165) is 11.1 Å². The molecular weight excluding hydrogens is 238 g/mol. The van der Waals surface area contributed by atoms with E-state index in [-0.39, 0.29) is 0 Å². The van der Waals surface area contributed by atoms with Crippen LogP contribution in [0, 0.1) is 11.3 Å². The van der Waals surface area contributed by atoms with Crippen molar-refractivity contribution < 1.29 is 4.74 Å².